The number of hydrogen-bond acceptors (Lipinski definition) is 4. The average molecular weight is 525 g/mol. The molecular weight excluding hydrogens is 493 g/mol. The first-order valence-electron chi connectivity index (χ1n) is 11.7. The van der Waals surface area contributed by atoms with Crippen LogP contribution in [0, 0.1) is 0 Å². The second-order valence-electron chi connectivity index (χ2n) is 10.2. The predicted octanol–water partition coefficient (Wildman–Crippen LogP) is 8.54. The number of benzene rings is 2. The standard InChI is InChI=1S/C28H31Cl2N3OSi/c1-28(2,3)35(5,6)34-26-20(15-14-18-10-8-16-32-25(18)26)23(19-11-7-13-22(29)24(19)30)21-12-9-17-33-27(21)31-4/h7-17,23H,1-6H3,(H,31,33). The molecule has 0 fully saturated rings. The van der Waals surface area contributed by atoms with Gasteiger partial charge in [0.1, 0.15) is 17.1 Å². The molecule has 1 atom stereocenters. The minimum absolute atomic E-state index is 0.00878. The van der Waals surface area contributed by atoms with Gasteiger partial charge in [-0.05, 0) is 41.9 Å². The van der Waals surface area contributed by atoms with Crippen molar-refractivity contribution >= 4 is 48.2 Å². The van der Waals surface area contributed by atoms with Gasteiger partial charge in [-0.2, -0.15) is 0 Å². The summed E-state index contributed by atoms with van der Waals surface area (Å²) in [7, 11) is -0.346. The molecular formula is C28H31Cl2N3OSi. The lowest BCUT2D eigenvalue weighted by atomic mass is 9.84. The van der Waals surface area contributed by atoms with E-state index in [9.17, 15) is 0 Å². The van der Waals surface area contributed by atoms with Crippen molar-refractivity contribution in [1.29, 1.82) is 0 Å². The number of halogens is 2. The summed E-state index contributed by atoms with van der Waals surface area (Å²) in [4.78, 5) is 9.36. The number of nitrogens with one attached hydrogen (secondary N) is 1. The first-order chi connectivity index (χ1) is 16.5. The van der Waals surface area contributed by atoms with Gasteiger partial charge in [-0.3, -0.25) is 4.98 Å². The molecule has 7 heteroatoms. The highest BCUT2D eigenvalue weighted by molar-refractivity contribution is 6.74. The number of pyridine rings is 2. The Morgan fingerprint density at radius 2 is 1.54 bits per heavy atom. The average Bonchev–Trinajstić information content (AvgIpc) is 2.82. The Bertz CT molecular complexity index is 1370. The van der Waals surface area contributed by atoms with Gasteiger partial charge in [0.25, 0.3) is 8.32 Å². The van der Waals surface area contributed by atoms with Crippen LogP contribution in [0.15, 0.2) is 67.0 Å². The van der Waals surface area contributed by atoms with Gasteiger partial charge in [-0.15, -0.1) is 0 Å². The molecule has 0 aliphatic rings. The summed E-state index contributed by atoms with van der Waals surface area (Å²) in [6.45, 7) is 11.2. The Morgan fingerprint density at radius 1 is 0.857 bits per heavy atom. The molecule has 2 aromatic heterocycles. The third kappa shape index (κ3) is 4.90. The molecule has 0 radical (unpaired) electrons. The number of anilines is 1. The molecule has 0 aliphatic heterocycles. The largest absolute Gasteiger partial charge is 0.542 e. The fourth-order valence-corrected chi connectivity index (χ4v) is 5.43. The third-order valence-electron chi connectivity index (χ3n) is 6.91. The van der Waals surface area contributed by atoms with Crippen molar-refractivity contribution in [2.75, 3.05) is 12.4 Å². The van der Waals surface area contributed by atoms with E-state index in [0.29, 0.717) is 10.0 Å². The molecule has 0 aliphatic carbocycles. The maximum Gasteiger partial charge on any atom is 0.250 e. The molecule has 4 rings (SSSR count). The van der Waals surface area contributed by atoms with E-state index in [-0.39, 0.29) is 11.0 Å². The Kier molecular flexibility index (Phi) is 7.14. The van der Waals surface area contributed by atoms with Gasteiger partial charge in [0.05, 0.1) is 10.0 Å². The van der Waals surface area contributed by atoms with Gasteiger partial charge >= 0.3 is 0 Å². The topological polar surface area (TPSA) is 47.0 Å². The summed E-state index contributed by atoms with van der Waals surface area (Å²) >= 11 is 13.3. The zero-order valence-electron chi connectivity index (χ0n) is 21.0. The summed E-state index contributed by atoms with van der Waals surface area (Å²) in [6, 6.07) is 18.0. The lowest BCUT2D eigenvalue weighted by Gasteiger charge is -2.38. The van der Waals surface area contributed by atoms with Crippen molar-refractivity contribution in [1.82, 2.24) is 9.97 Å². The van der Waals surface area contributed by atoms with Gasteiger partial charge < -0.3 is 9.74 Å². The molecule has 0 spiro atoms. The van der Waals surface area contributed by atoms with Crippen LogP contribution in [0.5, 0.6) is 5.75 Å². The summed E-state index contributed by atoms with van der Waals surface area (Å²) in [5.74, 6) is 1.29. The molecule has 1 unspecified atom stereocenters. The van der Waals surface area contributed by atoms with Gasteiger partial charge in [-0.1, -0.05) is 80.4 Å². The van der Waals surface area contributed by atoms with E-state index in [0.717, 1.165) is 39.2 Å². The van der Waals surface area contributed by atoms with Gasteiger partial charge in [-0.25, -0.2) is 4.98 Å². The van der Waals surface area contributed by atoms with Crippen LogP contribution in [0.2, 0.25) is 28.2 Å². The van der Waals surface area contributed by atoms with Crippen molar-refractivity contribution in [3.63, 3.8) is 0 Å². The Morgan fingerprint density at radius 3 is 2.26 bits per heavy atom. The van der Waals surface area contributed by atoms with Crippen molar-refractivity contribution < 1.29 is 4.43 Å². The Hall–Kier alpha value is -2.60. The molecule has 182 valence electrons. The summed E-state index contributed by atoms with van der Waals surface area (Å²) in [5.41, 5.74) is 3.69. The molecule has 0 amide bonds. The van der Waals surface area contributed by atoms with E-state index in [1.54, 1.807) is 6.20 Å². The van der Waals surface area contributed by atoms with Crippen LogP contribution in [0.4, 0.5) is 5.82 Å². The fourth-order valence-electron chi connectivity index (χ4n) is 3.98. The Labute approximate surface area is 218 Å². The first kappa shape index (κ1) is 25.5. The maximum atomic E-state index is 7.04. The van der Waals surface area contributed by atoms with Gasteiger partial charge in [0.2, 0.25) is 0 Å². The fraction of sp³-hybridized carbons (Fsp3) is 0.286. The van der Waals surface area contributed by atoms with E-state index in [4.69, 9.17) is 32.6 Å². The zero-order valence-corrected chi connectivity index (χ0v) is 23.5. The van der Waals surface area contributed by atoms with Crippen molar-refractivity contribution in [2.24, 2.45) is 0 Å². The molecule has 0 saturated carbocycles. The smallest absolute Gasteiger partial charge is 0.250 e. The zero-order chi connectivity index (χ0) is 25.4. The highest BCUT2D eigenvalue weighted by atomic mass is 35.5. The molecule has 0 bridgehead atoms. The summed E-state index contributed by atoms with van der Waals surface area (Å²) < 4.78 is 7.04. The second-order valence-corrected chi connectivity index (χ2v) is 15.7. The third-order valence-corrected chi connectivity index (χ3v) is 12.1. The second kappa shape index (κ2) is 9.80. The number of fused-ring (bicyclic) bond motifs is 1. The van der Waals surface area contributed by atoms with Crippen molar-refractivity contribution in [3.8, 4) is 5.75 Å². The van der Waals surface area contributed by atoms with Crippen LogP contribution >= 0.6 is 23.2 Å². The van der Waals surface area contributed by atoms with E-state index in [1.165, 1.54) is 0 Å². The number of hydrogen-bond donors (Lipinski definition) is 1. The molecule has 0 saturated heterocycles. The lowest BCUT2D eigenvalue weighted by Crippen LogP contribution is -2.44. The minimum atomic E-state index is -2.22. The number of nitrogens with zero attached hydrogens (tertiary/aromatic N) is 2. The summed E-state index contributed by atoms with van der Waals surface area (Å²) in [5, 5.41) is 5.31. The van der Waals surface area contributed by atoms with Crippen molar-refractivity contribution in [3.05, 3.63) is 93.7 Å². The van der Waals surface area contributed by atoms with E-state index in [2.05, 4.69) is 68.4 Å². The van der Waals surface area contributed by atoms with E-state index in [1.807, 2.05) is 43.6 Å². The molecule has 4 aromatic rings. The summed E-state index contributed by atoms with van der Waals surface area (Å²) in [6.07, 6.45) is 3.59. The van der Waals surface area contributed by atoms with E-state index < -0.39 is 8.32 Å². The molecule has 4 nitrogen and oxygen atoms in total. The van der Waals surface area contributed by atoms with Crippen LogP contribution in [0.25, 0.3) is 10.9 Å². The van der Waals surface area contributed by atoms with Crippen LogP contribution in [0.1, 0.15) is 43.4 Å². The maximum absolute atomic E-state index is 7.04. The van der Waals surface area contributed by atoms with Gasteiger partial charge in [0, 0.05) is 41.9 Å². The van der Waals surface area contributed by atoms with Gasteiger partial charge in [0.15, 0.2) is 0 Å². The van der Waals surface area contributed by atoms with Crippen molar-refractivity contribution in [2.45, 2.75) is 44.8 Å². The first-order valence-corrected chi connectivity index (χ1v) is 15.3. The normalized spacial score (nSPS) is 13.0. The molecule has 2 heterocycles. The monoisotopic (exact) mass is 523 g/mol. The number of aromatic nitrogens is 2. The molecule has 1 N–H and O–H groups in total. The van der Waals surface area contributed by atoms with Crippen LogP contribution in [-0.2, 0) is 0 Å². The highest BCUT2D eigenvalue weighted by Gasteiger charge is 2.40. The lowest BCUT2D eigenvalue weighted by molar-refractivity contribution is 0.490. The van der Waals surface area contributed by atoms with Crippen LogP contribution in [0.3, 0.4) is 0 Å². The quantitative estimate of drug-likeness (QED) is 0.257. The van der Waals surface area contributed by atoms with Crippen LogP contribution in [-0.4, -0.2) is 25.3 Å². The number of rotatable bonds is 6. The Balaban J connectivity index is 2.08. The molecule has 2 aromatic carbocycles. The molecule has 35 heavy (non-hydrogen) atoms. The SMILES string of the molecule is CNc1ncccc1C(c1cccc(Cl)c1Cl)c1ccc2cccnc2c1O[Si](C)(C)C(C)(C)C. The minimum Gasteiger partial charge on any atom is -0.542 e. The highest BCUT2D eigenvalue weighted by Crippen LogP contribution is 2.47. The van der Waals surface area contributed by atoms with E-state index >= 15 is 0 Å². The van der Waals surface area contributed by atoms with Crippen LogP contribution < -0.4 is 9.74 Å². The predicted molar refractivity (Wildman–Crippen MR) is 151 cm³/mol.